The zero-order valence-electron chi connectivity index (χ0n) is 10.4. The molecule has 5 heteroatoms. The van der Waals surface area contributed by atoms with Gasteiger partial charge in [0, 0.05) is 31.7 Å². The second kappa shape index (κ2) is 5.80. The van der Waals surface area contributed by atoms with Gasteiger partial charge in [0.1, 0.15) is 0 Å². The zero-order valence-corrected chi connectivity index (χ0v) is 10.4. The number of likely N-dealkylation sites (N-methyl/N-ethyl adjacent to an activating group) is 1. The van der Waals surface area contributed by atoms with Crippen molar-refractivity contribution in [3.8, 4) is 0 Å². The van der Waals surface area contributed by atoms with Crippen LogP contribution in [0.1, 0.15) is 13.3 Å². The summed E-state index contributed by atoms with van der Waals surface area (Å²) in [6.07, 6.45) is 0.918. The van der Waals surface area contributed by atoms with E-state index in [0.717, 1.165) is 19.5 Å². The lowest BCUT2D eigenvalue weighted by Gasteiger charge is -2.24. The quantitative estimate of drug-likeness (QED) is 0.694. The Labute approximate surface area is 102 Å². The minimum atomic E-state index is -0.0487. The largest absolute Gasteiger partial charge is 0.396 e. The fraction of sp³-hybridized carbons (Fsp3) is 0.917. The minimum Gasteiger partial charge on any atom is -0.396 e. The molecule has 2 N–H and O–H groups in total. The highest BCUT2D eigenvalue weighted by Gasteiger charge is 2.38. The van der Waals surface area contributed by atoms with Gasteiger partial charge in [-0.2, -0.15) is 0 Å². The number of amides is 1. The van der Waals surface area contributed by atoms with Gasteiger partial charge in [-0.3, -0.25) is 4.79 Å². The van der Waals surface area contributed by atoms with Crippen molar-refractivity contribution >= 4 is 5.91 Å². The summed E-state index contributed by atoms with van der Waals surface area (Å²) in [5.41, 5.74) is 0. The van der Waals surface area contributed by atoms with Crippen molar-refractivity contribution in [1.82, 2.24) is 10.2 Å². The van der Waals surface area contributed by atoms with Crippen molar-refractivity contribution in [3.63, 3.8) is 0 Å². The molecule has 2 saturated heterocycles. The van der Waals surface area contributed by atoms with Gasteiger partial charge in [0.15, 0.2) is 0 Å². The maximum atomic E-state index is 12.3. The van der Waals surface area contributed by atoms with E-state index in [1.54, 1.807) is 0 Å². The first-order chi connectivity index (χ1) is 8.26. The van der Waals surface area contributed by atoms with Gasteiger partial charge in [0.2, 0.25) is 5.91 Å². The number of aliphatic hydroxyl groups excluding tert-OH is 1. The van der Waals surface area contributed by atoms with E-state index >= 15 is 0 Å². The molecule has 2 rings (SSSR count). The summed E-state index contributed by atoms with van der Waals surface area (Å²) in [6, 6.07) is 0.153. The van der Waals surface area contributed by atoms with Gasteiger partial charge in [-0.15, -0.1) is 0 Å². The molecular formula is C12H22N2O3. The second-order valence-corrected chi connectivity index (χ2v) is 4.93. The maximum absolute atomic E-state index is 12.3. The third-order valence-electron chi connectivity index (χ3n) is 3.72. The molecule has 5 nitrogen and oxygen atoms in total. The average Bonchev–Trinajstić information content (AvgIpc) is 2.97. The summed E-state index contributed by atoms with van der Waals surface area (Å²) in [4.78, 5) is 14.2. The van der Waals surface area contributed by atoms with E-state index in [1.807, 2.05) is 11.8 Å². The van der Waals surface area contributed by atoms with Gasteiger partial charge in [0.05, 0.1) is 19.1 Å². The van der Waals surface area contributed by atoms with Gasteiger partial charge >= 0.3 is 0 Å². The molecule has 1 amide bonds. The normalized spacial score (nSPS) is 33.3. The van der Waals surface area contributed by atoms with E-state index in [1.165, 1.54) is 0 Å². The van der Waals surface area contributed by atoms with E-state index in [4.69, 9.17) is 9.84 Å². The molecular weight excluding hydrogens is 220 g/mol. The number of ether oxygens (including phenoxy) is 1. The first kappa shape index (κ1) is 12.8. The predicted molar refractivity (Wildman–Crippen MR) is 63.5 cm³/mol. The number of carbonyl (C=O) groups is 1. The molecule has 17 heavy (non-hydrogen) atoms. The van der Waals surface area contributed by atoms with Crippen molar-refractivity contribution in [2.45, 2.75) is 19.4 Å². The first-order valence-electron chi connectivity index (χ1n) is 6.47. The van der Waals surface area contributed by atoms with Gasteiger partial charge in [-0.25, -0.2) is 0 Å². The molecule has 0 aromatic rings. The summed E-state index contributed by atoms with van der Waals surface area (Å²) in [5, 5.41) is 12.4. The number of hydrogen-bond acceptors (Lipinski definition) is 4. The molecule has 0 spiro atoms. The molecule has 0 aromatic heterocycles. The van der Waals surface area contributed by atoms with Crippen LogP contribution in [0.5, 0.6) is 0 Å². The molecule has 2 heterocycles. The average molecular weight is 242 g/mol. The molecule has 0 aliphatic carbocycles. The van der Waals surface area contributed by atoms with Crippen LogP contribution in [0.4, 0.5) is 0 Å². The van der Waals surface area contributed by atoms with Crippen molar-refractivity contribution in [2.24, 2.45) is 11.8 Å². The van der Waals surface area contributed by atoms with Crippen LogP contribution in [0.15, 0.2) is 0 Å². The fourth-order valence-electron chi connectivity index (χ4n) is 2.68. The number of likely N-dealkylation sites (tertiary alicyclic amines) is 1. The fourth-order valence-corrected chi connectivity index (χ4v) is 2.68. The van der Waals surface area contributed by atoms with Crippen LogP contribution in [0.2, 0.25) is 0 Å². The highest BCUT2D eigenvalue weighted by Crippen LogP contribution is 2.22. The lowest BCUT2D eigenvalue weighted by molar-refractivity contribution is -0.135. The molecule has 0 saturated carbocycles. The lowest BCUT2D eigenvalue weighted by atomic mass is 10.0. The summed E-state index contributed by atoms with van der Waals surface area (Å²) >= 11 is 0. The van der Waals surface area contributed by atoms with Crippen LogP contribution in [0.25, 0.3) is 0 Å². The molecule has 0 aromatic carbocycles. The van der Waals surface area contributed by atoms with Crippen molar-refractivity contribution in [3.05, 3.63) is 0 Å². The van der Waals surface area contributed by atoms with Crippen molar-refractivity contribution in [1.29, 1.82) is 0 Å². The van der Waals surface area contributed by atoms with E-state index < -0.39 is 0 Å². The Balaban J connectivity index is 1.91. The van der Waals surface area contributed by atoms with Crippen molar-refractivity contribution in [2.75, 3.05) is 39.5 Å². The highest BCUT2D eigenvalue weighted by molar-refractivity contribution is 5.80. The Bertz CT molecular complexity index is 272. The van der Waals surface area contributed by atoms with Crippen LogP contribution >= 0.6 is 0 Å². The SMILES string of the molecule is CCNC1COCC1C(=O)N1CCC(CO)C1. The number of carbonyl (C=O) groups excluding carboxylic acids is 1. The summed E-state index contributed by atoms with van der Waals surface area (Å²) in [7, 11) is 0. The van der Waals surface area contributed by atoms with Crippen molar-refractivity contribution < 1.29 is 14.6 Å². The Kier molecular flexibility index (Phi) is 4.36. The molecule has 2 fully saturated rings. The topological polar surface area (TPSA) is 61.8 Å². The summed E-state index contributed by atoms with van der Waals surface area (Å²) in [5.74, 6) is 0.399. The number of aliphatic hydroxyl groups is 1. The third-order valence-corrected chi connectivity index (χ3v) is 3.72. The van der Waals surface area contributed by atoms with Gasteiger partial charge in [-0.1, -0.05) is 6.92 Å². The van der Waals surface area contributed by atoms with Crippen LogP contribution in [-0.4, -0.2) is 61.4 Å². The molecule has 2 aliphatic heterocycles. The maximum Gasteiger partial charge on any atom is 0.229 e. The van der Waals surface area contributed by atoms with Crippen LogP contribution in [-0.2, 0) is 9.53 Å². The van der Waals surface area contributed by atoms with E-state index in [0.29, 0.717) is 19.8 Å². The molecule has 3 atom stereocenters. The van der Waals surface area contributed by atoms with E-state index in [9.17, 15) is 4.79 Å². The number of nitrogens with one attached hydrogen (secondary N) is 1. The summed E-state index contributed by atoms with van der Waals surface area (Å²) in [6.45, 7) is 5.71. The van der Waals surface area contributed by atoms with Gasteiger partial charge in [-0.05, 0) is 13.0 Å². The predicted octanol–water partition coefficient (Wildman–Crippen LogP) is -0.548. The Morgan fingerprint density at radius 2 is 2.35 bits per heavy atom. The Hall–Kier alpha value is -0.650. The number of hydrogen-bond donors (Lipinski definition) is 2. The number of rotatable bonds is 4. The third kappa shape index (κ3) is 2.78. The molecule has 0 bridgehead atoms. The van der Waals surface area contributed by atoms with E-state index in [-0.39, 0.29) is 30.4 Å². The highest BCUT2D eigenvalue weighted by atomic mass is 16.5. The van der Waals surface area contributed by atoms with Crippen LogP contribution in [0.3, 0.4) is 0 Å². The molecule has 98 valence electrons. The Morgan fingerprint density at radius 1 is 1.53 bits per heavy atom. The monoisotopic (exact) mass is 242 g/mol. The lowest BCUT2D eigenvalue weighted by Crippen LogP contribution is -2.45. The second-order valence-electron chi connectivity index (χ2n) is 4.93. The van der Waals surface area contributed by atoms with Gasteiger partial charge < -0.3 is 20.1 Å². The van der Waals surface area contributed by atoms with E-state index in [2.05, 4.69) is 5.32 Å². The summed E-state index contributed by atoms with van der Waals surface area (Å²) < 4.78 is 5.40. The number of nitrogens with zero attached hydrogens (tertiary/aromatic N) is 1. The van der Waals surface area contributed by atoms with Crippen LogP contribution < -0.4 is 5.32 Å². The van der Waals surface area contributed by atoms with Crippen LogP contribution in [0, 0.1) is 11.8 Å². The van der Waals surface area contributed by atoms with Gasteiger partial charge in [0.25, 0.3) is 0 Å². The molecule has 0 radical (unpaired) electrons. The zero-order chi connectivity index (χ0) is 12.3. The smallest absolute Gasteiger partial charge is 0.229 e. The molecule has 2 aliphatic rings. The standard InChI is InChI=1S/C12H22N2O3/c1-2-13-11-8-17-7-10(11)12(16)14-4-3-9(5-14)6-15/h9-11,13,15H,2-8H2,1H3. The first-order valence-corrected chi connectivity index (χ1v) is 6.47. The minimum absolute atomic E-state index is 0.0487. The Morgan fingerprint density at radius 3 is 3.00 bits per heavy atom. The molecule has 3 unspecified atom stereocenters.